The molecule has 0 aromatic rings. The molecular weight excluding hydrogens is 156 g/mol. The van der Waals surface area contributed by atoms with Crippen molar-refractivity contribution < 1.29 is 9.53 Å². The normalized spacial score (nSPS) is 35.8. The molecule has 0 saturated carbocycles. The molecule has 2 rings (SSSR count). The van der Waals surface area contributed by atoms with Crippen LogP contribution < -0.4 is 5.32 Å². The molecule has 2 aliphatic rings. The number of nitrogens with one attached hydrogen (secondary N) is 1. The number of nitrogens with zero attached hydrogens (tertiary/aromatic N) is 1. The van der Waals surface area contributed by atoms with Gasteiger partial charge in [0.2, 0.25) is 0 Å². The molecule has 1 atom stereocenters. The highest BCUT2D eigenvalue weighted by Crippen LogP contribution is 2.27. The van der Waals surface area contributed by atoms with E-state index in [4.69, 9.17) is 4.74 Å². The Kier molecular flexibility index (Phi) is 1.72. The van der Waals surface area contributed by atoms with Gasteiger partial charge in [0, 0.05) is 13.6 Å². The lowest BCUT2D eigenvalue weighted by molar-refractivity contribution is 0.0366. The maximum Gasteiger partial charge on any atom is 0.410 e. The first-order valence-corrected chi connectivity index (χ1v) is 4.37. The Hall–Kier alpha value is -0.770. The second-order valence-corrected chi connectivity index (χ2v) is 3.69. The van der Waals surface area contributed by atoms with Crippen LogP contribution in [0.3, 0.4) is 0 Å². The Balaban J connectivity index is 2.07. The number of carbonyl (C=O) groups is 1. The predicted octanol–water partition coefficient (Wildman–Crippen LogP) is 0.191. The van der Waals surface area contributed by atoms with E-state index >= 15 is 0 Å². The monoisotopic (exact) mass is 170 g/mol. The summed E-state index contributed by atoms with van der Waals surface area (Å²) in [6.07, 6.45) is 1.91. The van der Waals surface area contributed by atoms with Gasteiger partial charge in [-0.15, -0.1) is 0 Å². The zero-order valence-corrected chi connectivity index (χ0v) is 7.30. The van der Waals surface area contributed by atoms with Crippen molar-refractivity contribution in [1.29, 1.82) is 0 Å². The molecule has 0 aromatic carbocycles. The summed E-state index contributed by atoms with van der Waals surface area (Å²) in [6, 6.07) is 0. The number of piperidine rings is 1. The van der Waals surface area contributed by atoms with Gasteiger partial charge in [0.05, 0.1) is 6.54 Å². The summed E-state index contributed by atoms with van der Waals surface area (Å²) in [5, 5.41) is 3.25. The lowest BCUT2D eigenvalue weighted by Crippen LogP contribution is -2.48. The Bertz CT molecular complexity index is 199. The summed E-state index contributed by atoms with van der Waals surface area (Å²) in [5.74, 6) is 0. The second-order valence-electron chi connectivity index (χ2n) is 3.69. The highest BCUT2D eigenvalue weighted by Gasteiger charge is 2.44. The van der Waals surface area contributed by atoms with Crippen molar-refractivity contribution in [3.8, 4) is 0 Å². The van der Waals surface area contributed by atoms with Gasteiger partial charge in [-0.3, -0.25) is 0 Å². The van der Waals surface area contributed by atoms with Gasteiger partial charge >= 0.3 is 6.09 Å². The third-order valence-corrected chi connectivity index (χ3v) is 2.57. The molecule has 0 aliphatic carbocycles. The van der Waals surface area contributed by atoms with Crippen molar-refractivity contribution in [2.24, 2.45) is 0 Å². The quantitative estimate of drug-likeness (QED) is 0.564. The average Bonchev–Trinajstić information content (AvgIpc) is 2.29. The van der Waals surface area contributed by atoms with E-state index in [1.165, 1.54) is 0 Å². The Morgan fingerprint density at radius 2 is 2.50 bits per heavy atom. The fraction of sp³-hybridized carbons (Fsp3) is 0.875. The first-order valence-electron chi connectivity index (χ1n) is 4.37. The number of rotatable bonds is 0. The SMILES string of the molecule is CN1C[C@]2(CCCNC2)OC1=O. The van der Waals surface area contributed by atoms with Crippen LogP contribution in [0.5, 0.6) is 0 Å². The van der Waals surface area contributed by atoms with Crippen molar-refractivity contribution in [3.05, 3.63) is 0 Å². The first-order chi connectivity index (χ1) is 5.72. The van der Waals surface area contributed by atoms with E-state index in [0.29, 0.717) is 0 Å². The summed E-state index contributed by atoms with van der Waals surface area (Å²) in [6.45, 7) is 2.59. The van der Waals surface area contributed by atoms with Crippen molar-refractivity contribution in [2.75, 3.05) is 26.7 Å². The molecule has 0 bridgehead atoms. The summed E-state index contributed by atoms with van der Waals surface area (Å²) in [4.78, 5) is 12.8. The van der Waals surface area contributed by atoms with Crippen LogP contribution in [0.1, 0.15) is 12.8 Å². The van der Waals surface area contributed by atoms with E-state index < -0.39 is 0 Å². The fourth-order valence-electron chi connectivity index (χ4n) is 1.95. The molecule has 1 N–H and O–H groups in total. The maximum absolute atomic E-state index is 11.1. The van der Waals surface area contributed by atoms with Gasteiger partial charge < -0.3 is 15.0 Å². The minimum atomic E-state index is -0.218. The van der Waals surface area contributed by atoms with E-state index in [1.54, 1.807) is 11.9 Å². The number of likely N-dealkylation sites (N-methyl/N-ethyl adjacent to an activating group) is 1. The molecule has 0 radical (unpaired) electrons. The van der Waals surface area contributed by atoms with Crippen LogP contribution in [0.25, 0.3) is 0 Å². The predicted molar refractivity (Wildman–Crippen MR) is 43.9 cm³/mol. The molecule has 0 unspecified atom stereocenters. The summed E-state index contributed by atoms with van der Waals surface area (Å²) >= 11 is 0. The van der Waals surface area contributed by atoms with E-state index in [1.807, 2.05) is 0 Å². The average molecular weight is 170 g/mol. The standard InChI is InChI=1S/C8H14N2O2/c1-10-6-8(12-7(10)11)3-2-4-9-5-8/h9H,2-6H2,1H3/t8-/m1/s1. The fourth-order valence-corrected chi connectivity index (χ4v) is 1.95. The zero-order chi connectivity index (χ0) is 8.60. The van der Waals surface area contributed by atoms with Crippen LogP contribution in [-0.4, -0.2) is 43.3 Å². The van der Waals surface area contributed by atoms with Crippen LogP contribution in [0.2, 0.25) is 0 Å². The largest absolute Gasteiger partial charge is 0.440 e. The molecule has 4 heteroatoms. The van der Waals surface area contributed by atoms with Gasteiger partial charge in [-0.2, -0.15) is 0 Å². The van der Waals surface area contributed by atoms with Crippen LogP contribution in [0.15, 0.2) is 0 Å². The lowest BCUT2D eigenvalue weighted by Gasteiger charge is -2.31. The topological polar surface area (TPSA) is 41.6 Å². The summed E-state index contributed by atoms with van der Waals surface area (Å²) < 4.78 is 5.33. The van der Waals surface area contributed by atoms with E-state index in [2.05, 4.69) is 5.32 Å². The Labute approximate surface area is 71.9 Å². The number of amides is 1. The van der Waals surface area contributed by atoms with E-state index in [-0.39, 0.29) is 11.7 Å². The lowest BCUT2D eigenvalue weighted by atomic mass is 9.94. The molecule has 68 valence electrons. The van der Waals surface area contributed by atoms with E-state index in [0.717, 1.165) is 32.5 Å². The van der Waals surface area contributed by atoms with Crippen molar-refractivity contribution in [3.63, 3.8) is 0 Å². The third kappa shape index (κ3) is 1.16. The van der Waals surface area contributed by atoms with Gasteiger partial charge in [-0.25, -0.2) is 4.79 Å². The number of ether oxygens (including phenoxy) is 1. The third-order valence-electron chi connectivity index (χ3n) is 2.57. The number of carbonyl (C=O) groups excluding carboxylic acids is 1. The minimum Gasteiger partial charge on any atom is -0.440 e. The first kappa shape index (κ1) is 7.86. The summed E-state index contributed by atoms with van der Waals surface area (Å²) in [5.41, 5.74) is -0.218. The molecule has 1 spiro atoms. The summed E-state index contributed by atoms with van der Waals surface area (Å²) in [7, 11) is 1.78. The molecule has 2 aliphatic heterocycles. The van der Waals surface area contributed by atoms with E-state index in [9.17, 15) is 4.79 Å². The molecule has 4 nitrogen and oxygen atoms in total. The van der Waals surface area contributed by atoms with Crippen LogP contribution in [-0.2, 0) is 4.74 Å². The highest BCUT2D eigenvalue weighted by molar-refractivity contribution is 5.70. The maximum atomic E-state index is 11.1. The minimum absolute atomic E-state index is 0.182. The van der Waals surface area contributed by atoms with Crippen molar-refractivity contribution in [1.82, 2.24) is 10.2 Å². The Morgan fingerprint density at radius 1 is 1.67 bits per heavy atom. The van der Waals surface area contributed by atoms with Gasteiger partial charge in [-0.05, 0) is 19.4 Å². The highest BCUT2D eigenvalue weighted by atomic mass is 16.6. The number of hydrogen-bond acceptors (Lipinski definition) is 3. The van der Waals surface area contributed by atoms with Crippen LogP contribution in [0.4, 0.5) is 4.79 Å². The second kappa shape index (κ2) is 2.62. The molecule has 1 amide bonds. The molecule has 0 aromatic heterocycles. The van der Waals surface area contributed by atoms with Gasteiger partial charge in [0.25, 0.3) is 0 Å². The molecule has 2 saturated heterocycles. The van der Waals surface area contributed by atoms with Gasteiger partial charge in [0.1, 0.15) is 5.60 Å². The zero-order valence-electron chi connectivity index (χ0n) is 7.30. The molecule has 2 heterocycles. The van der Waals surface area contributed by atoms with Gasteiger partial charge in [-0.1, -0.05) is 0 Å². The number of hydrogen-bond donors (Lipinski definition) is 1. The molecular formula is C8H14N2O2. The van der Waals surface area contributed by atoms with Crippen LogP contribution >= 0.6 is 0 Å². The van der Waals surface area contributed by atoms with Crippen LogP contribution in [0, 0.1) is 0 Å². The molecule has 2 fully saturated rings. The van der Waals surface area contributed by atoms with Gasteiger partial charge in [0.15, 0.2) is 0 Å². The smallest absolute Gasteiger partial charge is 0.410 e. The van der Waals surface area contributed by atoms with Crippen molar-refractivity contribution in [2.45, 2.75) is 18.4 Å². The Morgan fingerprint density at radius 3 is 3.00 bits per heavy atom. The van der Waals surface area contributed by atoms with Crippen molar-refractivity contribution >= 4 is 6.09 Å². The molecule has 12 heavy (non-hydrogen) atoms.